The number of benzene rings is 1. The summed E-state index contributed by atoms with van der Waals surface area (Å²) in [6, 6.07) is 7.53. The van der Waals surface area contributed by atoms with Gasteiger partial charge in [0.25, 0.3) is 5.22 Å². The molecule has 0 fully saturated rings. The fraction of sp³-hybridized carbons (Fsp3) is 0.231. The fourth-order valence-electron chi connectivity index (χ4n) is 1.51. The van der Waals surface area contributed by atoms with E-state index in [1.807, 2.05) is 31.2 Å². The minimum Gasteiger partial charge on any atom is -0.478 e. The summed E-state index contributed by atoms with van der Waals surface area (Å²) in [6.45, 7) is 1.82. The highest BCUT2D eigenvalue weighted by atomic mass is 32.2. The molecule has 0 amide bonds. The van der Waals surface area contributed by atoms with Gasteiger partial charge in [0.05, 0.1) is 0 Å². The molecule has 0 unspecified atom stereocenters. The zero-order valence-electron chi connectivity index (χ0n) is 9.92. The monoisotopic (exact) mass is 263 g/mol. The average molecular weight is 263 g/mol. The summed E-state index contributed by atoms with van der Waals surface area (Å²) in [5.41, 5.74) is 1.98. The fourth-order valence-corrected chi connectivity index (χ4v) is 2.25. The first-order valence-electron chi connectivity index (χ1n) is 5.61. The van der Waals surface area contributed by atoms with Crippen LogP contribution in [0.3, 0.4) is 0 Å². The number of carbonyl (C=O) groups is 1. The van der Waals surface area contributed by atoms with Crippen LogP contribution in [-0.4, -0.2) is 21.8 Å². The normalized spacial score (nSPS) is 11.9. The van der Waals surface area contributed by atoms with Gasteiger partial charge in [0.15, 0.2) is 5.58 Å². The lowest BCUT2D eigenvalue weighted by Crippen LogP contribution is -1.99. The van der Waals surface area contributed by atoms with E-state index in [4.69, 9.17) is 9.52 Å². The topological polar surface area (TPSA) is 63.3 Å². The van der Waals surface area contributed by atoms with E-state index in [0.29, 0.717) is 23.0 Å². The predicted molar refractivity (Wildman–Crippen MR) is 70.7 cm³/mol. The molecule has 4 nitrogen and oxygen atoms in total. The van der Waals surface area contributed by atoms with Crippen LogP contribution in [0.15, 0.2) is 45.6 Å². The van der Waals surface area contributed by atoms with Crippen molar-refractivity contribution in [1.82, 2.24) is 4.98 Å². The summed E-state index contributed by atoms with van der Waals surface area (Å²) in [4.78, 5) is 15.1. The first-order chi connectivity index (χ1) is 8.70. The number of fused-ring (bicyclic) bond motifs is 1. The van der Waals surface area contributed by atoms with E-state index in [9.17, 15) is 4.79 Å². The average Bonchev–Trinajstić information content (AvgIpc) is 2.76. The highest BCUT2D eigenvalue weighted by molar-refractivity contribution is 7.99. The Labute approximate surface area is 109 Å². The second-order valence-electron chi connectivity index (χ2n) is 3.65. The van der Waals surface area contributed by atoms with Gasteiger partial charge in [-0.3, -0.25) is 0 Å². The smallest absolute Gasteiger partial charge is 0.331 e. The molecule has 1 aromatic heterocycles. The number of nitrogens with zero attached hydrogens (tertiary/aromatic N) is 1. The zero-order valence-corrected chi connectivity index (χ0v) is 10.7. The van der Waals surface area contributed by atoms with Crippen molar-refractivity contribution in [2.24, 2.45) is 0 Å². The van der Waals surface area contributed by atoms with Gasteiger partial charge in [-0.1, -0.05) is 36.9 Å². The molecule has 0 radical (unpaired) electrons. The van der Waals surface area contributed by atoms with Crippen LogP contribution in [0.1, 0.15) is 13.3 Å². The van der Waals surface area contributed by atoms with E-state index in [0.717, 1.165) is 11.1 Å². The number of hydrogen-bond acceptors (Lipinski definition) is 4. The summed E-state index contributed by atoms with van der Waals surface area (Å²) in [5.74, 6) is -0.321. The highest BCUT2D eigenvalue weighted by Crippen LogP contribution is 2.23. The third-order valence-electron chi connectivity index (χ3n) is 2.47. The molecule has 0 saturated heterocycles. The molecule has 0 atom stereocenters. The van der Waals surface area contributed by atoms with Crippen LogP contribution in [0.4, 0.5) is 0 Å². The van der Waals surface area contributed by atoms with Crippen molar-refractivity contribution >= 4 is 28.8 Å². The van der Waals surface area contributed by atoms with Gasteiger partial charge in [-0.15, -0.1) is 0 Å². The molecule has 1 aromatic carbocycles. The number of thioether (sulfide) groups is 1. The van der Waals surface area contributed by atoms with Crippen molar-refractivity contribution in [2.45, 2.75) is 18.6 Å². The Balaban J connectivity index is 2.04. The molecule has 0 aliphatic heterocycles. The van der Waals surface area contributed by atoms with E-state index in [1.54, 1.807) is 6.08 Å². The lowest BCUT2D eigenvalue weighted by Gasteiger charge is -1.96. The molecule has 2 aromatic rings. The highest BCUT2D eigenvalue weighted by Gasteiger charge is 2.06. The number of aromatic nitrogens is 1. The zero-order chi connectivity index (χ0) is 13.0. The summed E-state index contributed by atoms with van der Waals surface area (Å²) in [5, 5.41) is 9.43. The van der Waals surface area contributed by atoms with Crippen molar-refractivity contribution in [1.29, 1.82) is 0 Å². The maximum atomic E-state index is 10.8. The third-order valence-corrected chi connectivity index (χ3v) is 3.22. The quantitative estimate of drug-likeness (QED) is 0.662. The lowest BCUT2D eigenvalue weighted by atomic mass is 10.2. The maximum absolute atomic E-state index is 10.8. The SMILES string of the molecule is CCC(=CCSc1nc2ccccc2o1)C(=O)O. The van der Waals surface area contributed by atoms with Crippen LogP contribution in [0.2, 0.25) is 0 Å². The molecule has 0 spiro atoms. The van der Waals surface area contributed by atoms with Crippen molar-refractivity contribution in [3.8, 4) is 0 Å². The maximum Gasteiger partial charge on any atom is 0.331 e. The molecule has 0 aliphatic carbocycles. The second-order valence-corrected chi connectivity index (χ2v) is 4.62. The van der Waals surface area contributed by atoms with Crippen LogP contribution in [0.25, 0.3) is 11.1 Å². The molecule has 0 bridgehead atoms. The number of hydrogen-bond donors (Lipinski definition) is 1. The van der Waals surface area contributed by atoms with Gasteiger partial charge in [-0.25, -0.2) is 9.78 Å². The number of para-hydroxylation sites is 2. The van der Waals surface area contributed by atoms with Gasteiger partial charge >= 0.3 is 5.97 Å². The number of aliphatic carboxylic acids is 1. The van der Waals surface area contributed by atoms with E-state index in [-0.39, 0.29) is 0 Å². The van der Waals surface area contributed by atoms with Gasteiger partial charge in [0, 0.05) is 11.3 Å². The Hall–Kier alpha value is -1.75. The Morgan fingerprint density at radius 3 is 2.94 bits per heavy atom. The number of oxazole rings is 1. The Kier molecular flexibility index (Phi) is 4.04. The van der Waals surface area contributed by atoms with Gasteiger partial charge < -0.3 is 9.52 Å². The Morgan fingerprint density at radius 1 is 1.50 bits per heavy atom. The van der Waals surface area contributed by atoms with E-state index >= 15 is 0 Å². The van der Waals surface area contributed by atoms with Crippen LogP contribution in [0, 0.1) is 0 Å². The Morgan fingerprint density at radius 2 is 2.28 bits per heavy atom. The Bertz CT molecular complexity index is 556. The predicted octanol–water partition coefficient (Wildman–Crippen LogP) is 3.34. The van der Waals surface area contributed by atoms with Crippen LogP contribution >= 0.6 is 11.8 Å². The summed E-state index contributed by atoms with van der Waals surface area (Å²) in [7, 11) is 0. The van der Waals surface area contributed by atoms with Crippen LogP contribution in [-0.2, 0) is 4.79 Å². The van der Waals surface area contributed by atoms with Crippen molar-refractivity contribution in [2.75, 3.05) is 5.75 Å². The van der Waals surface area contributed by atoms with E-state index < -0.39 is 5.97 Å². The minimum absolute atomic E-state index is 0.415. The molecule has 94 valence electrons. The third kappa shape index (κ3) is 2.92. The lowest BCUT2D eigenvalue weighted by molar-refractivity contribution is -0.132. The van der Waals surface area contributed by atoms with Crippen molar-refractivity contribution in [3.63, 3.8) is 0 Å². The summed E-state index contributed by atoms with van der Waals surface area (Å²) in [6.07, 6.45) is 2.21. The standard InChI is InChI=1S/C13H13NO3S/c1-2-9(12(15)16)7-8-18-13-14-10-5-3-4-6-11(10)17-13/h3-7H,2,8H2,1H3,(H,15,16). The molecule has 1 heterocycles. The van der Waals surface area contributed by atoms with Gasteiger partial charge in [-0.2, -0.15) is 0 Å². The molecule has 0 saturated carbocycles. The number of carboxylic acid groups (broad SMARTS) is 1. The van der Waals surface area contributed by atoms with E-state index in [1.165, 1.54) is 11.8 Å². The molecular weight excluding hydrogens is 250 g/mol. The van der Waals surface area contributed by atoms with Crippen LogP contribution < -0.4 is 0 Å². The number of rotatable bonds is 5. The van der Waals surface area contributed by atoms with E-state index in [2.05, 4.69) is 4.98 Å². The van der Waals surface area contributed by atoms with Gasteiger partial charge in [-0.05, 0) is 18.6 Å². The molecule has 18 heavy (non-hydrogen) atoms. The van der Waals surface area contributed by atoms with Crippen molar-refractivity contribution < 1.29 is 14.3 Å². The molecule has 0 aliphatic rings. The largest absolute Gasteiger partial charge is 0.478 e. The van der Waals surface area contributed by atoms with Crippen LogP contribution in [0.5, 0.6) is 0 Å². The molecule has 2 rings (SSSR count). The number of carboxylic acids is 1. The van der Waals surface area contributed by atoms with Crippen molar-refractivity contribution in [3.05, 3.63) is 35.9 Å². The summed E-state index contributed by atoms with van der Waals surface area (Å²) >= 11 is 1.39. The molecule has 5 heteroatoms. The van der Waals surface area contributed by atoms with Gasteiger partial charge in [0.2, 0.25) is 0 Å². The second kappa shape index (κ2) is 5.73. The minimum atomic E-state index is -0.865. The summed E-state index contributed by atoms with van der Waals surface area (Å²) < 4.78 is 5.52. The first kappa shape index (κ1) is 12.7. The first-order valence-corrected chi connectivity index (χ1v) is 6.60. The van der Waals surface area contributed by atoms with Gasteiger partial charge in [0.1, 0.15) is 5.52 Å². The molecular formula is C13H13NO3S. The molecule has 1 N–H and O–H groups in total.